The first-order valence-corrected chi connectivity index (χ1v) is 9.76. The lowest BCUT2D eigenvalue weighted by molar-refractivity contribution is -0.138. The number of hydrazine groups is 1. The number of benzene rings is 1. The maximum Gasteiger partial charge on any atom is 0.242 e. The number of nitrogens with one attached hydrogen (secondary N) is 2. The molecule has 4 atom stereocenters. The van der Waals surface area contributed by atoms with E-state index in [0.29, 0.717) is 6.61 Å². The number of aromatic nitrogens is 1. The number of carbonyl (C=O) groups excluding carboxylic acids is 1. The van der Waals surface area contributed by atoms with Crippen LogP contribution in [0.25, 0.3) is 0 Å². The van der Waals surface area contributed by atoms with Gasteiger partial charge in [0.2, 0.25) is 5.91 Å². The Kier molecular flexibility index (Phi) is 4.30. The summed E-state index contributed by atoms with van der Waals surface area (Å²) in [6.07, 6.45) is 6.85. The van der Waals surface area contributed by atoms with Crippen molar-refractivity contribution in [2.45, 2.75) is 37.4 Å². The third kappa shape index (κ3) is 2.89. The highest BCUT2D eigenvalue weighted by Gasteiger charge is 2.46. The minimum absolute atomic E-state index is 0.0869. The van der Waals surface area contributed by atoms with E-state index in [9.17, 15) is 4.79 Å². The summed E-state index contributed by atoms with van der Waals surface area (Å²) in [6, 6.07) is 12.0. The molecule has 140 valence electrons. The smallest absolute Gasteiger partial charge is 0.242 e. The van der Waals surface area contributed by atoms with Crippen molar-refractivity contribution in [2.24, 2.45) is 5.92 Å². The Bertz CT molecular complexity index is 828. The third-order valence-electron chi connectivity index (χ3n) is 6.06. The summed E-state index contributed by atoms with van der Waals surface area (Å²) >= 11 is 0. The Morgan fingerprint density at radius 2 is 2.07 bits per heavy atom. The highest BCUT2D eigenvalue weighted by Crippen LogP contribution is 2.40. The normalized spacial score (nSPS) is 29.6. The number of carbonyl (C=O) groups is 1. The maximum absolute atomic E-state index is 13.5. The van der Waals surface area contributed by atoms with E-state index in [0.717, 1.165) is 42.7 Å². The number of hydrogen-bond acceptors (Lipinski definition) is 5. The van der Waals surface area contributed by atoms with E-state index in [-0.39, 0.29) is 30.0 Å². The standard InChI is InChI=1S/C21H24N4O2/c26-21(25-11-4-3-8-17(25)14-6-5-10-22-12-14)20-16-13-27-18-9-2-1-7-15(18)19(16)23-24-20/h1-2,5-7,9-10,12,16-17,19-20,23-24H,3-4,8,11,13H2/t16?,17-,19?,20?/m1/s1. The number of para-hydroxylation sites is 1. The van der Waals surface area contributed by atoms with Gasteiger partial charge in [-0.3, -0.25) is 9.78 Å². The molecule has 2 fully saturated rings. The third-order valence-corrected chi connectivity index (χ3v) is 6.06. The van der Waals surface area contributed by atoms with Crippen molar-refractivity contribution in [3.63, 3.8) is 0 Å². The van der Waals surface area contributed by atoms with Crippen LogP contribution in [-0.4, -0.2) is 35.0 Å². The fourth-order valence-corrected chi connectivity index (χ4v) is 4.68. The van der Waals surface area contributed by atoms with Gasteiger partial charge in [-0.05, 0) is 37.0 Å². The molecule has 5 rings (SSSR count). The first-order chi connectivity index (χ1) is 13.3. The number of piperidine rings is 1. The number of hydrogen-bond donors (Lipinski definition) is 2. The van der Waals surface area contributed by atoms with Crippen LogP contribution in [0.1, 0.15) is 42.5 Å². The summed E-state index contributed by atoms with van der Waals surface area (Å²) in [7, 11) is 0. The molecule has 1 aromatic carbocycles. The molecule has 3 aliphatic rings. The van der Waals surface area contributed by atoms with E-state index < -0.39 is 0 Å². The van der Waals surface area contributed by atoms with Gasteiger partial charge in [-0.25, -0.2) is 10.9 Å². The van der Waals surface area contributed by atoms with Crippen LogP contribution in [0.5, 0.6) is 5.75 Å². The average molecular weight is 364 g/mol. The van der Waals surface area contributed by atoms with Crippen LogP contribution < -0.4 is 15.6 Å². The Hall–Kier alpha value is -2.44. The van der Waals surface area contributed by atoms with Crippen LogP contribution in [0.4, 0.5) is 0 Å². The molecule has 1 amide bonds. The van der Waals surface area contributed by atoms with Crippen molar-refractivity contribution in [2.75, 3.05) is 13.2 Å². The predicted molar refractivity (Wildman–Crippen MR) is 101 cm³/mol. The van der Waals surface area contributed by atoms with E-state index >= 15 is 0 Å². The van der Waals surface area contributed by atoms with Gasteiger partial charge in [0.05, 0.1) is 18.7 Å². The van der Waals surface area contributed by atoms with E-state index in [1.165, 1.54) is 0 Å². The number of nitrogens with zero attached hydrogens (tertiary/aromatic N) is 2. The zero-order chi connectivity index (χ0) is 18.2. The number of ether oxygens (including phenoxy) is 1. The molecule has 0 saturated carbocycles. The van der Waals surface area contributed by atoms with Crippen molar-refractivity contribution in [1.29, 1.82) is 0 Å². The summed E-state index contributed by atoms with van der Waals surface area (Å²) in [5.41, 5.74) is 8.87. The van der Waals surface area contributed by atoms with E-state index in [2.05, 4.69) is 28.0 Å². The summed E-state index contributed by atoms with van der Waals surface area (Å²) in [5, 5.41) is 0. The monoisotopic (exact) mass is 364 g/mol. The number of fused-ring (bicyclic) bond motifs is 3. The lowest BCUT2D eigenvalue weighted by Gasteiger charge is -2.38. The molecule has 3 aliphatic heterocycles. The van der Waals surface area contributed by atoms with Gasteiger partial charge in [0.25, 0.3) is 0 Å². The fourth-order valence-electron chi connectivity index (χ4n) is 4.68. The average Bonchev–Trinajstić information content (AvgIpc) is 3.18. The molecule has 2 saturated heterocycles. The minimum Gasteiger partial charge on any atom is -0.493 e. The molecule has 1 aromatic heterocycles. The highest BCUT2D eigenvalue weighted by molar-refractivity contribution is 5.83. The quantitative estimate of drug-likeness (QED) is 0.856. The van der Waals surface area contributed by atoms with Crippen LogP contribution in [0.15, 0.2) is 48.8 Å². The molecule has 6 nitrogen and oxygen atoms in total. The molecule has 27 heavy (non-hydrogen) atoms. The maximum atomic E-state index is 13.5. The zero-order valence-corrected chi connectivity index (χ0v) is 15.2. The number of likely N-dealkylation sites (tertiary alicyclic amines) is 1. The SMILES string of the molecule is O=C(C1NNC2c3ccccc3OCC12)N1CCCC[C@@H]1c1cccnc1. The Morgan fingerprint density at radius 3 is 2.96 bits per heavy atom. The molecule has 0 spiro atoms. The van der Waals surface area contributed by atoms with Crippen molar-refractivity contribution in [3.8, 4) is 5.75 Å². The Morgan fingerprint density at radius 1 is 1.15 bits per heavy atom. The zero-order valence-electron chi connectivity index (χ0n) is 15.2. The van der Waals surface area contributed by atoms with Crippen molar-refractivity contribution in [1.82, 2.24) is 20.7 Å². The second-order valence-electron chi connectivity index (χ2n) is 7.59. The van der Waals surface area contributed by atoms with Gasteiger partial charge in [0.1, 0.15) is 11.8 Å². The Balaban J connectivity index is 1.39. The van der Waals surface area contributed by atoms with Crippen molar-refractivity contribution < 1.29 is 9.53 Å². The molecule has 0 radical (unpaired) electrons. The summed E-state index contributed by atoms with van der Waals surface area (Å²) < 4.78 is 5.96. The molecule has 4 heterocycles. The highest BCUT2D eigenvalue weighted by atomic mass is 16.5. The molecule has 6 heteroatoms. The van der Waals surface area contributed by atoms with Crippen LogP contribution >= 0.6 is 0 Å². The molecule has 3 unspecified atom stereocenters. The van der Waals surface area contributed by atoms with Gasteiger partial charge < -0.3 is 9.64 Å². The van der Waals surface area contributed by atoms with Gasteiger partial charge in [0, 0.05) is 30.4 Å². The second-order valence-corrected chi connectivity index (χ2v) is 7.59. The van der Waals surface area contributed by atoms with Gasteiger partial charge in [-0.15, -0.1) is 0 Å². The van der Waals surface area contributed by atoms with E-state index in [1.54, 1.807) is 6.20 Å². The summed E-state index contributed by atoms with van der Waals surface area (Å²) in [5.74, 6) is 1.16. The molecule has 0 bridgehead atoms. The molecule has 2 N–H and O–H groups in total. The first-order valence-electron chi connectivity index (χ1n) is 9.76. The van der Waals surface area contributed by atoms with E-state index in [1.807, 2.05) is 35.4 Å². The fraction of sp³-hybridized carbons (Fsp3) is 0.429. The lowest BCUT2D eigenvalue weighted by atomic mass is 9.86. The van der Waals surface area contributed by atoms with Crippen LogP contribution in [-0.2, 0) is 4.79 Å². The first kappa shape index (κ1) is 16.7. The second kappa shape index (κ2) is 6.94. The summed E-state index contributed by atoms with van der Waals surface area (Å²) in [6.45, 7) is 1.34. The van der Waals surface area contributed by atoms with Gasteiger partial charge in [0.15, 0.2) is 0 Å². The van der Waals surface area contributed by atoms with Crippen LogP contribution in [0.3, 0.4) is 0 Å². The molecule has 2 aromatic rings. The lowest BCUT2D eigenvalue weighted by Crippen LogP contribution is -2.51. The molecule has 0 aliphatic carbocycles. The van der Waals surface area contributed by atoms with Crippen LogP contribution in [0, 0.1) is 5.92 Å². The van der Waals surface area contributed by atoms with Crippen LogP contribution in [0.2, 0.25) is 0 Å². The van der Waals surface area contributed by atoms with Gasteiger partial charge in [-0.1, -0.05) is 24.3 Å². The minimum atomic E-state index is -0.277. The van der Waals surface area contributed by atoms with E-state index in [4.69, 9.17) is 4.74 Å². The molecular formula is C21H24N4O2. The topological polar surface area (TPSA) is 66.5 Å². The number of amides is 1. The largest absolute Gasteiger partial charge is 0.493 e. The molecular weight excluding hydrogens is 340 g/mol. The Labute approximate surface area is 158 Å². The summed E-state index contributed by atoms with van der Waals surface area (Å²) in [4.78, 5) is 19.8. The van der Waals surface area contributed by atoms with Gasteiger partial charge in [-0.2, -0.15) is 0 Å². The number of pyridine rings is 1. The van der Waals surface area contributed by atoms with Gasteiger partial charge >= 0.3 is 0 Å². The van der Waals surface area contributed by atoms with Crippen molar-refractivity contribution >= 4 is 5.91 Å². The van der Waals surface area contributed by atoms with Crippen molar-refractivity contribution in [3.05, 3.63) is 59.9 Å². The predicted octanol–water partition coefficient (Wildman–Crippen LogP) is 2.36. The number of rotatable bonds is 2.